The normalized spacial score (nSPS) is 10.3. The Morgan fingerprint density at radius 3 is 2.55 bits per heavy atom. The maximum absolute atomic E-state index is 13.6. The van der Waals surface area contributed by atoms with Crippen LogP contribution in [0, 0.1) is 11.6 Å². The maximum Gasteiger partial charge on any atom is 0.137 e. The van der Waals surface area contributed by atoms with Crippen LogP contribution in [0.25, 0.3) is 0 Å². The van der Waals surface area contributed by atoms with E-state index in [1.807, 2.05) is 0 Å². The van der Waals surface area contributed by atoms with E-state index in [2.05, 4.69) is 15.9 Å². The number of thiocarbonyl (C=S) groups is 1. The SMILES string of the molecule is NC(=S)c1ccc(OCc2cc(Br)ccc2F)cc1F. The predicted molar refractivity (Wildman–Crippen MR) is 80.7 cm³/mol. The average Bonchev–Trinajstić information content (AvgIpc) is 2.39. The number of ether oxygens (including phenoxy) is 1. The molecule has 0 saturated heterocycles. The van der Waals surface area contributed by atoms with Gasteiger partial charge < -0.3 is 10.5 Å². The number of rotatable bonds is 4. The molecule has 2 aromatic rings. The van der Waals surface area contributed by atoms with Gasteiger partial charge in [0.15, 0.2) is 0 Å². The largest absolute Gasteiger partial charge is 0.489 e. The van der Waals surface area contributed by atoms with Crippen LogP contribution >= 0.6 is 28.1 Å². The molecule has 0 spiro atoms. The lowest BCUT2D eigenvalue weighted by Crippen LogP contribution is -2.11. The first kappa shape index (κ1) is 14.9. The average molecular weight is 358 g/mol. The minimum Gasteiger partial charge on any atom is -0.489 e. The highest BCUT2D eigenvalue weighted by atomic mass is 79.9. The van der Waals surface area contributed by atoms with Crippen molar-refractivity contribution < 1.29 is 13.5 Å². The van der Waals surface area contributed by atoms with Gasteiger partial charge in [0.05, 0.1) is 0 Å². The molecule has 2 rings (SSSR count). The van der Waals surface area contributed by atoms with Crippen molar-refractivity contribution in [2.24, 2.45) is 5.73 Å². The lowest BCUT2D eigenvalue weighted by molar-refractivity contribution is 0.298. The Labute approximate surface area is 128 Å². The molecule has 0 radical (unpaired) electrons. The molecule has 104 valence electrons. The summed E-state index contributed by atoms with van der Waals surface area (Å²) >= 11 is 7.96. The fraction of sp³-hybridized carbons (Fsp3) is 0.0714. The van der Waals surface area contributed by atoms with Crippen molar-refractivity contribution in [2.45, 2.75) is 6.61 Å². The summed E-state index contributed by atoms with van der Waals surface area (Å²) in [5.74, 6) is -0.667. The van der Waals surface area contributed by atoms with Crippen LogP contribution in [0.4, 0.5) is 8.78 Å². The van der Waals surface area contributed by atoms with Crippen molar-refractivity contribution in [1.29, 1.82) is 0 Å². The van der Waals surface area contributed by atoms with Gasteiger partial charge in [0.2, 0.25) is 0 Å². The summed E-state index contributed by atoms with van der Waals surface area (Å²) in [4.78, 5) is -0.0212. The van der Waals surface area contributed by atoms with E-state index < -0.39 is 5.82 Å². The Kier molecular flexibility index (Phi) is 4.67. The minimum absolute atomic E-state index is 0.00285. The van der Waals surface area contributed by atoms with Gasteiger partial charge in [0.1, 0.15) is 29.0 Å². The number of benzene rings is 2. The molecule has 0 fully saturated rings. The first-order valence-electron chi connectivity index (χ1n) is 5.63. The predicted octanol–water partition coefficient (Wildman–Crippen LogP) is 3.94. The van der Waals surface area contributed by atoms with Crippen molar-refractivity contribution in [3.63, 3.8) is 0 Å². The summed E-state index contributed by atoms with van der Waals surface area (Å²) in [5.41, 5.74) is 5.89. The maximum atomic E-state index is 13.6. The second kappa shape index (κ2) is 6.28. The van der Waals surface area contributed by atoms with E-state index in [4.69, 9.17) is 22.7 Å². The van der Waals surface area contributed by atoms with E-state index in [9.17, 15) is 8.78 Å². The molecule has 0 saturated carbocycles. The Hall–Kier alpha value is -1.53. The van der Waals surface area contributed by atoms with Crippen molar-refractivity contribution in [3.8, 4) is 5.75 Å². The zero-order valence-electron chi connectivity index (χ0n) is 10.2. The standard InChI is InChI=1S/C14H10BrF2NOS/c15-9-1-4-12(16)8(5-9)7-19-10-2-3-11(14(18)20)13(17)6-10/h1-6H,7H2,(H2,18,20). The van der Waals surface area contributed by atoms with E-state index in [0.717, 1.165) is 4.47 Å². The first-order valence-corrected chi connectivity index (χ1v) is 6.83. The molecule has 6 heteroatoms. The molecule has 0 aliphatic carbocycles. The third-order valence-electron chi connectivity index (χ3n) is 2.61. The molecule has 0 aliphatic heterocycles. The van der Waals surface area contributed by atoms with Gasteiger partial charge in [-0.05, 0) is 30.3 Å². The number of halogens is 3. The Balaban J connectivity index is 2.13. The first-order chi connectivity index (χ1) is 9.47. The van der Waals surface area contributed by atoms with Crippen LogP contribution in [0.15, 0.2) is 40.9 Å². The summed E-state index contributed by atoms with van der Waals surface area (Å²) in [6.07, 6.45) is 0. The highest BCUT2D eigenvalue weighted by Crippen LogP contribution is 2.20. The third-order valence-corrected chi connectivity index (χ3v) is 3.32. The van der Waals surface area contributed by atoms with Crippen LogP contribution < -0.4 is 10.5 Å². The molecular formula is C14H10BrF2NOS. The molecule has 2 N–H and O–H groups in total. The van der Waals surface area contributed by atoms with Crippen LogP contribution in [0.1, 0.15) is 11.1 Å². The molecule has 0 bridgehead atoms. The van der Waals surface area contributed by atoms with Crippen LogP contribution in [-0.4, -0.2) is 4.99 Å². The summed E-state index contributed by atoms with van der Waals surface area (Å²) in [6.45, 7) is -0.00285. The monoisotopic (exact) mass is 357 g/mol. The van der Waals surface area contributed by atoms with Gasteiger partial charge in [-0.15, -0.1) is 0 Å². The summed E-state index contributed by atoms with van der Waals surface area (Å²) in [6, 6.07) is 8.67. The Bertz CT molecular complexity index is 664. The van der Waals surface area contributed by atoms with E-state index in [1.165, 1.54) is 24.3 Å². The molecule has 0 aromatic heterocycles. The summed E-state index contributed by atoms with van der Waals surface area (Å²) in [7, 11) is 0. The van der Waals surface area contributed by atoms with Crippen LogP contribution in [0.5, 0.6) is 5.75 Å². The molecule has 0 atom stereocenters. The highest BCUT2D eigenvalue weighted by molar-refractivity contribution is 9.10. The second-order valence-electron chi connectivity index (χ2n) is 4.03. The topological polar surface area (TPSA) is 35.2 Å². The van der Waals surface area contributed by atoms with Gasteiger partial charge >= 0.3 is 0 Å². The Morgan fingerprint density at radius 2 is 1.90 bits per heavy atom. The molecule has 0 amide bonds. The summed E-state index contributed by atoms with van der Waals surface area (Å²) in [5, 5.41) is 0. The molecule has 2 aromatic carbocycles. The van der Waals surface area contributed by atoms with Crippen molar-refractivity contribution in [3.05, 3.63) is 63.6 Å². The van der Waals surface area contributed by atoms with Crippen LogP contribution in [0.2, 0.25) is 0 Å². The fourth-order valence-electron chi connectivity index (χ4n) is 1.60. The minimum atomic E-state index is -0.565. The number of nitrogens with two attached hydrogens (primary N) is 1. The molecule has 0 heterocycles. The van der Waals surface area contributed by atoms with Gasteiger partial charge in [-0.3, -0.25) is 0 Å². The number of hydrogen-bond donors (Lipinski definition) is 1. The van der Waals surface area contributed by atoms with Gasteiger partial charge in [-0.1, -0.05) is 28.1 Å². The lowest BCUT2D eigenvalue weighted by Gasteiger charge is -2.09. The van der Waals surface area contributed by atoms with Crippen molar-refractivity contribution in [2.75, 3.05) is 0 Å². The smallest absolute Gasteiger partial charge is 0.137 e. The lowest BCUT2D eigenvalue weighted by atomic mass is 10.2. The van der Waals surface area contributed by atoms with Gasteiger partial charge in [-0.25, -0.2) is 8.78 Å². The highest BCUT2D eigenvalue weighted by Gasteiger charge is 2.08. The molecule has 20 heavy (non-hydrogen) atoms. The van der Waals surface area contributed by atoms with Gasteiger partial charge in [0.25, 0.3) is 0 Å². The van der Waals surface area contributed by atoms with Gasteiger partial charge in [-0.2, -0.15) is 0 Å². The van der Waals surface area contributed by atoms with Crippen LogP contribution in [0.3, 0.4) is 0 Å². The van der Waals surface area contributed by atoms with E-state index in [0.29, 0.717) is 5.56 Å². The molecule has 0 aliphatic rings. The van der Waals surface area contributed by atoms with E-state index in [1.54, 1.807) is 12.1 Å². The zero-order valence-corrected chi connectivity index (χ0v) is 12.6. The molecule has 2 nitrogen and oxygen atoms in total. The van der Waals surface area contributed by atoms with Crippen molar-refractivity contribution in [1.82, 2.24) is 0 Å². The number of hydrogen-bond acceptors (Lipinski definition) is 2. The molecule has 0 unspecified atom stereocenters. The summed E-state index contributed by atoms with van der Waals surface area (Å²) < 4.78 is 33.3. The van der Waals surface area contributed by atoms with E-state index >= 15 is 0 Å². The Morgan fingerprint density at radius 1 is 1.15 bits per heavy atom. The third kappa shape index (κ3) is 3.52. The second-order valence-corrected chi connectivity index (χ2v) is 5.39. The van der Waals surface area contributed by atoms with Crippen molar-refractivity contribution >= 4 is 33.1 Å². The quantitative estimate of drug-likeness (QED) is 0.841. The fourth-order valence-corrected chi connectivity index (χ4v) is 2.17. The molecular weight excluding hydrogens is 348 g/mol. The van der Waals surface area contributed by atoms with E-state index in [-0.39, 0.29) is 28.7 Å². The van der Waals surface area contributed by atoms with Gasteiger partial charge in [0, 0.05) is 21.7 Å². The zero-order chi connectivity index (χ0) is 14.7. The van der Waals surface area contributed by atoms with Crippen LogP contribution in [-0.2, 0) is 6.61 Å².